The molecule has 1 aliphatic heterocycles. The average Bonchev–Trinajstić information content (AvgIpc) is 2.67. The van der Waals surface area contributed by atoms with E-state index in [1.54, 1.807) is 7.05 Å². The summed E-state index contributed by atoms with van der Waals surface area (Å²) in [5, 5.41) is 5.81. The Morgan fingerprint density at radius 1 is 1.24 bits per heavy atom. The van der Waals surface area contributed by atoms with E-state index in [1.165, 1.54) is 11.8 Å². The van der Waals surface area contributed by atoms with E-state index in [9.17, 15) is 18.0 Å². The van der Waals surface area contributed by atoms with E-state index in [-0.39, 0.29) is 49.5 Å². The van der Waals surface area contributed by atoms with Gasteiger partial charge in [0.2, 0.25) is 5.91 Å². The minimum absolute atomic E-state index is 0. The van der Waals surface area contributed by atoms with E-state index in [0.717, 1.165) is 17.7 Å². The van der Waals surface area contributed by atoms with Crippen LogP contribution in [-0.4, -0.2) is 73.7 Å². The highest BCUT2D eigenvalue weighted by molar-refractivity contribution is 14.0. The van der Waals surface area contributed by atoms with Crippen molar-refractivity contribution in [3.63, 3.8) is 0 Å². The third-order valence-electron chi connectivity index (χ3n) is 4.87. The molecule has 10 heteroatoms. The standard InChI is InChI=1S/C19H28F3N5O.HI/c1-4-15-6-5-7-16(12-15)25-17(28)13-24-18(23-3)27-10-8-26(9-11-27)14(2)19(20,21)22;/h5-7,12,14H,4,8-11,13H2,1-3H3,(H,23,24)(H,25,28);1H. The number of alkyl halides is 3. The summed E-state index contributed by atoms with van der Waals surface area (Å²) >= 11 is 0. The number of guanidine groups is 1. The average molecular weight is 527 g/mol. The van der Waals surface area contributed by atoms with Gasteiger partial charge < -0.3 is 15.5 Å². The molecule has 0 spiro atoms. The highest BCUT2D eigenvalue weighted by Crippen LogP contribution is 2.25. The molecule has 0 aliphatic carbocycles. The maximum absolute atomic E-state index is 12.9. The van der Waals surface area contributed by atoms with Crippen LogP contribution in [0.15, 0.2) is 29.3 Å². The second-order valence-corrected chi connectivity index (χ2v) is 6.74. The number of carbonyl (C=O) groups is 1. The van der Waals surface area contributed by atoms with Gasteiger partial charge in [0.1, 0.15) is 6.04 Å². The number of amides is 1. The summed E-state index contributed by atoms with van der Waals surface area (Å²) in [5.74, 6) is 0.301. The summed E-state index contributed by atoms with van der Waals surface area (Å²) in [5.41, 5.74) is 1.86. The number of carbonyl (C=O) groups excluding carboxylic acids is 1. The van der Waals surface area contributed by atoms with E-state index in [2.05, 4.69) is 15.6 Å². The molecule has 29 heavy (non-hydrogen) atoms. The Labute approximate surface area is 186 Å². The van der Waals surface area contributed by atoms with E-state index < -0.39 is 12.2 Å². The van der Waals surface area contributed by atoms with Crippen LogP contribution in [0.3, 0.4) is 0 Å². The zero-order valence-corrected chi connectivity index (χ0v) is 19.3. The molecule has 2 rings (SSSR count). The quantitative estimate of drug-likeness (QED) is 0.352. The van der Waals surface area contributed by atoms with Crippen LogP contribution in [0, 0.1) is 0 Å². The molecule has 0 bridgehead atoms. The minimum Gasteiger partial charge on any atom is -0.347 e. The number of anilines is 1. The molecule has 164 valence electrons. The van der Waals surface area contributed by atoms with Crippen molar-refractivity contribution < 1.29 is 18.0 Å². The first-order valence-corrected chi connectivity index (χ1v) is 9.39. The molecule has 1 fully saturated rings. The van der Waals surface area contributed by atoms with E-state index in [1.807, 2.05) is 36.1 Å². The van der Waals surface area contributed by atoms with Gasteiger partial charge in [-0.2, -0.15) is 13.2 Å². The third-order valence-corrected chi connectivity index (χ3v) is 4.87. The van der Waals surface area contributed by atoms with Gasteiger partial charge in [0.05, 0.1) is 6.54 Å². The van der Waals surface area contributed by atoms with Gasteiger partial charge in [-0.25, -0.2) is 0 Å². The van der Waals surface area contributed by atoms with Gasteiger partial charge in [0.15, 0.2) is 5.96 Å². The van der Waals surface area contributed by atoms with Gasteiger partial charge in [-0.15, -0.1) is 24.0 Å². The van der Waals surface area contributed by atoms with Crippen LogP contribution >= 0.6 is 24.0 Å². The van der Waals surface area contributed by atoms with Crippen molar-refractivity contribution in [1.29, 1.82) is 0 Å². The molecule has 1 amide bonds. The van der Waals surface area contributed by atoms with Crippen LogP contribution < -0.4 is 10.6 Å². The summed E-state index contributed by atoms with van der Waals surface area (Å²) in [7, 11) is 1.59. The van der Waals surface area contributed by atoms with Crippen molar-refractivity contribution in [3.8, 4) is 0 Å². The SMILES string of the molecule is CCc1cccc(NC(=O)CNC(=NC)N2CCN(C(C)C(F)(F)F)CC2)c1.I. The van der Waals surface area contributed by atoms with Crippen LogP contribution in [-0.2, 0) is 11.2 Å². The van der Waals surface area contributed by atoms with Gasteiger partial charge in [-0.05, 0) is 31.0 Å². The molecular formula is C19H29F3IN5O. The van der Waals surface area contributed by atoms with Crippen LogP contribution in [0.2, 0.25) is 0 Å². The summed E-state index contributed by atoms with van der Waals surface area (Å²) in [6, 6.07) is 6.17. The van der Waals surface area contributed by atoms with Gasteiger partial charge in [-0.3, -0.25) is 14.7 Å². The first kappa shape index (κ1) is 25.5. The van der Waals surface area contributed by atoms with Crippen molar-refractivity contribution in [2.24, 2.45) is 4.99 Å². The monoisotopic (exact) mass is 527 g/mol. The van der Waals surface area contributed by atoms with Gasteiger partial charge in [0, 0.05) is 38.9 Å². The highest BCUT2D eigenvalue weighted by atomic mass is 127. The first-order valence-electron chi connectivity index (χ1n) is 9.39. The fraction of sp³-hybridized carbons (Fsp3) is 0.579. The largest absolute Gasteiger partial charge is 0.403 e. The summed E-state index contributed by atoms with van der Waals surface area (Å²) in [6.45, 7) is 4.67. The zero-order valence-electron chi connectivity index (χ0n) is 16.9. The zero-order chi connectivity index (χ0) is 20.7. The number of nitrogens with zero attached hydrogens (tertiary/aromatic N) is 3. The molecule has 1 aromatic rings. The highest BCUT2D eigenvalue weighted by Gasteiger charge is 2.41. The Morgan fingerprint density at radius 2 is 1.90 bits per heavy atom. The Hall–Kier alpha value is -1.56. The van der Waals surface area contributed by atoms with Crippen LogP contribution in [0.4, 0.5) is 18.9 Å². The van der Waals surface area contributed by atoms with Crippen molar-refractivity contribution in [2.75, 3.05) is 45.1 Å². The number of halogens is 4. The smallest absolute Gasteiger partial charge is 0.347 e. The molecule has 0 saturated carbocycles. The maximum atomic E-state index is 12.9. The minimum atomic E-state index is -4.23. The number of rotatable bonds is 5. The van der Waals surface area contributed by atoms with E-state index >= 15 is 0 Å². The van der Waals surface area contributed by atoms with Crippen molar-refractivity contribution >= 4 is 41.5 Å². The van der Waals surface area contributed by atoms with E-state index in [4.69, 9.17) is 0 Å². The Morgan fingerprint density at radius 3 is 2.45 bits per heavy atom. The van der Waals surface area contributed by atoms with Gasteiger partial charge in [0.25, 0.3) is 0 Å². The molecule has 0 aromatic heterocycles. The summed E-state index contributed by atoms with van der Waals surface area (Å²) in [4.78, 5) is 19.6. The molecule has 1 saturated heterocycles. The number of hydrogen-bond donors (Lipinski definition) is 2. The van der Waals surface area contributed by atoms with Gasteiger partial charge in [-0.1, -0.05) is 19.1 Å². The fourth-order valence-electron chi connectivity index (χ4n) is 3.09. The predicted molar refractivity (Wildman–Crippen MR) is 120 cm³/mol. The molecular weight excluding hydrogens is 498 g/mol. The lowest BCUT2D eigenvalue weighted by Gasteiger charge is -2.39. The fourth-order valence-corrected chi connectivity index (χ4v) is 3.09. The molecule has 1 aromatic carbocycles. The predicted octanol–water partition coefficient (Wildman–Crippen LogP) is 2.95. The third kappa shape index (κ3) is 7.65. The van der Waals surface area contributed by atoms with Crippen LogP contribution in [0.1, 0.15) is 19.4 Å². The number of piperazine rings is 1. The number of aliphatic imine (C=N–C) groups is 1. The van der Waals surface area contributed by atoms with E-state index in [0.29, 0.717) is 19.0 Å². The van der Waals surface area contributed by atoms with Crippen molar-refractivity contribution in [2.45, 2.75) is 32.5 Å². The van der Waals surface area contributed by atoms with Crippen molar-refractivity contribution in [3.05, 3.63) is 29.8 Å². The molecule has 0 radical (unpaired) electrons. The number of nitrogens with one attached hydrogen (secondary N) is 2. The number of benzene rings is 1. The first-order chi connectivity index (χ1) is 13.2. The van der Waals surface area contributed by atoms with Crippen LogP contribution in [0.5, 0.6) is 0 Å². The second-order valence-electron chi connectivity index (χ2n) is 6.74. The van der Waals surface area contributed by atoms with Gasteiger partial charge >= 0.3 is 6.18 Å². The summed E-state index contributed by atoms with van der Waals surface area (Å²) in [6.07, 6.45) is -3.34. The Balaban J connectivity index is 0.00000420. The molecule has 1 aliphatic rings. The lowest BCUT2D eigenvalue weighted by atomic mass is 10.1. The number of aryl methyl sites for hydroxylation is 1. The Bertz CT molecular complexity index is 691. The summed E-state index contributed by atoms with van der Waals surface area (Å²) < 4.78 is 38.6. The molecule has 1 atom stereocenters. The molecule has 1 heterocycles. The lowest BCUT2D eigenvalue weighted by molar-refractivity contribution is -0.181. The maximum Gasteiger partial charge on any atom is 0.403 e. The Kier molecular flexibility index (Phi) is 10.2. The number of hydrogen-bond acceptors (Lipinski definition) is 3. The van der Waals surface area contributed by atoms with Crippen LogP contribution in [0.25, 0.3) is 0 Å². The normalized spacial score (nSPS) is 16.8. The van der Waals surface area contributed by atoms with Crippen molar-refractivity contribution in [1.82, 2.24) is 15.1 Å². The lowest BCUT2D eigenvalue weighted by Crippen LogP contribution is -2.57. The molecule has 6 nitrogen and oxygen atoms in total. The second kappa shape index (κ2) is 11.6. The topological polar surface area (TPSA) is 60.0 Å². The molecule has 2 N–H and O–H groups in total. The molecule has 1 unspecified atom stereocenters.